The number of ether oxygens (including phenoxy) is 4. The summed E-state index contributed by atoms with van der Waals surface area (Å²) >= 11 is 0. The van der Waals surface area contributed by atoms with E-state index in [0.29, 0.717) is 31.6 Å². The van der Waals surface area contributed by atoms with Crippen LogP contribution < -0.4 is 0 Å². The maximum Gasteiger partial charge on any atom is 0.472 e. The van der Waals surface area contributed by atoms with Crippen LogP contribution >= 0.6 is 15.6 Å². The third kappa shape index (κ3) is 82.4. The summed E-state index contributed by atoms with van der Waals surface area (Å²) in [5, 5.41) is 10.7. The lowest BCUT2D eigenvalue weighted by Crippen LogP contribution is -2.30. The summed E-state index contributed by atoms with van der Waals surface area (Å²) in [5.41, 5.74) is 0. The first-order valence-corrected chi connectivity index (χ1v) is 49.2. The van der Waals surface area contributed by atoms with Crippen molar-refractivity contribution in [2.45, 2.75) is 491 Å². The highest BCUT2D eigenvalue weighted by atomic mass is 31.2. The lowest BCUT2D eigenvalue weighted by atomic mass is 9.99. The zero-order valence-electron chi connectivity index (χ0n) is 72.2. The average Bonchev–Trinajstić information content (AvgIpc) is 0.898. The van der Waals surface area contributed by atoms with Crippen molar-refractivity contribution in [3.63, 3.8) is 0 Å². The Morgan fingerprint density at radius 1 is 0.257 bits per heavy atom. The van der Waals surface area contributed by atoms with E-state index in [0.717, 1.165) is 114 Å². The van der Waals surface area contributed by atoms with Crippen LogP contribution in [0.2, 0.25) is 0 Å². The Balaban J connectivity index is 5.19. The minimum Gasteiger partial charge on any atom is -0.462 e. The number of rotatable bonds is 87. The van der Waals surface area contributed by atoms with Crippen LogP contribution in [0.3, 0.4) is 0 Å². The molecule has 0 saturated heterocycles. The summed E-state index contributed by atoms with van der Waals surface area (Å²) in [6.45, 7) is 14.4. The molecule has 0 aliphatic rings. The SMILES string of the molecule is CCC(C)CCCCCCCCCCCCCCCCC(=O)OC[C@H](COP(=O)(O)OCC(O)COP(=O)(O)OC[C@@H](COC(=O)CCCCCCCCC(C)C)OC(=O)CCCCCCCCCCCCCCCCCCCCC(C)C)OC(=O)CCCCCCCCCCCCCCCCCCCCC(C)C. The molecule has 0 bridgehead atoms. The van der Waals surface area contributed by atoms with Gasteiger partial charge in [0.2, 0.25) is 0 Å². The Kier molecular flexibility index (Phi) is 77.2. The van der Waals surface area contributed by atoms with Crippen molar-refractivity contribution in [1.82, 2.24) is 0 Å². The molecule has 19 heteroatoms. The van der Waals surface area contributed by atoms with Gasteiger partial charge in [0, 0.05) is 25.7 Å². The quantitative estimate of drug-likeness (QED) is 0.0222. The summed E-state index contributed by atoms with van der Waals surface area (Å²) in [4.78, 5) is 73.3. The molecule has 6 atom stereocenters. The molecule has 0 fully saturated rings. The molecule has 109 heavy (non-hydrogen) atoms. The van der Waals surface area contributed by atoms with Gasteiger partial charge in [-0.25, -0.2) is 9.13 Å². The van der Waals surface area contributed by atoms with Crippen LogP contribution in [0, 0.1) is 23.7 Å². The summed E-state index contributed by atoms with van der Waals surface area (Å²) in [7, 11) is -9.93. The molecule has 3 N–H and O–H groups in total. The number of carbonyl (C=O) groups excluding carboxylic acids is 4. The highest BCUT2D eigenvalue weighted by Crippen LogP contribution is 2.45. The molecule has 0 aromatic heterocycles. The van der Waals surface area contributed by atoms with Crippen LogP contribution in [-0.4, -0.2) is 96.7 Å². The molecule has 0 aliphatic carbocycles. The molecule has 0 aliphatic heterocycles. The molecule has 0 saturated carbocycles. The van der Waals surface area contributed by atoms with Crippen molar-refractivity contribution in [3.05, 3.63) is 0 Å². The largest absolute Gasteiger partial charge is 0.472 e. The molecular weight excluding hydrogens is 1410 g/mol. The summed E-state index contributed by atoms with van der Waals surface area (Å²) < 4.78 is 69.0. The lowest BCUT2D eigenvalue weighted by molar-refractivity contribution is -0.161. The number of hydrogen-bond donors (Lipinski definition) is 3. The fourth-order valence-corrected chi connectivity index (χ4v) is 15.6. The van der Waals surface area contributed by atoms with Gasteiger partial charge in [0.1, 0.15) is 19.3 Å². The van der Waals surface area contributed by atoms with Gasteiger partial charge in [0.05, 0.1) is 26.4 Å². The number of hydrogen-bond acceptors (Lipinski definition) is 15. The average molecular weight is 1590 g/mol. The van der Waals surface area contributed by atoms with Crippen molar-refractivity contribution in [2.24, 2.45) is 23.7 Å². The van der Waals surface area contributed by atoms with Crippen LogP contribution in [0.4, 0.5) is 0 Å². The van der Waals surface area contributed by atoms with E-state index in [4.69, 9.17) is 37.0 Å². The van der Waals surface area contributed by atoms with E-state index < -0.39 is 97.5 Å². The summed E-state index contributed by atoms with van der Waals surface area (Å²) in [6, 6.07) is 0. The highest BCUT2D eigenvalue weighted by molar-refractivity contribution is 7.47. The van der Waals surface area contributed by atoms with Gasteiger partial charge >= 0.3 is 39.5 Å². The first-order valence-electron chi connectivity index (χ1n) is 46.2. The number of aliphatic hydroxyl groups excluding tert-OH is 1. The van der Waals surface area contributed by atoms with Crippen LogP contribution in [-0.2, 0) is 65.4 Å². The first kappa shape index (κ1) is 107. The third-order valence-corrected chi connectivity index (χ3v) is 23.3. The molecule has 0 aromatic rings. The molecule has 0 aromatic carbocycles. The summed E-state index contributed by atoms with van der Waals surface area (Å²) in [5.74, 6) is 1.06. The number of unbranched alkanes of at least 4 members (excludes halogenated alkanes) is 52. The van der Waals surface area contributed by atoms with Gasteiger partial charge < -0.3 is 33.8 Å². The van der Waals surface area contributed by atoms with E-state index in [1.807, 2.05) is 0 Å². The number of phosphoric acid groups is 2. The molecule has 0 radical (unpaired) electrons. The normalized spacial score (nSPS) is 14.1. The van der Waals surface area contributed by atoms with E-state index in [1.165, 1.54) is 270 Å². The molecule has 17 nitrogen and oxygen atoms in total. The molecule has 4 unspecified atom stereocenters. The predicted molar refractivity (Wildman–Crippen MR) is 451 cm³/mol. The second-order valence-corrected chi connectivity index (χ2v) is 36.9. The summed E-state index contributed by atoms with van der Waals surface area (Å²) in [6.07, 6.45) is 69.7. The van der Waals surface area contributed by atoms with Crippen molar-refractivity contribution in [1.29, 1.82) is 0 Å². The number of carbonyl (C=O) groups is 4. The Labute approximate surface area is 670 Å². The molecule has 0 rings (SSSR count). The van der Waals surface area contributed by atoms with E-state index in [1.54, 1.807) is 0 Å². The van der Waals surface area contributed by atoms with Crippen molar-refractivity contribution < 1.29 is 80.2 Å². The van der Waals surface area contributed by atoms with E-state index in [9.17, 15) is 43.2 Å². The van der Waals surface area contributed by atoms with Gasteiger partial charge in [-0.15, -0.1) is 0 Å². The molecule has 0 spiro atoms. The monoisotopic (exact) mass is 1590 g/mol. The maximum atomic E-state index is 13.2. The molecular formula is C90H176O17P2. The molecule has 0 heterocycles. The van der Waals surface area contributed by atoms with E-state index in [2.05, 4.69) is 55.4 Å². The van der Waals surface area contributed by atoms with Gasteiger partial charge in [-0.3, -0.25) is 37.3 Å². The Morgan fingerprint density at radius 3 is 0.651 bits per heavy atom. The first-order chi connectivity index (χ1) is 52.6. The highest BCUT2D eigenvalue weighted by Gasteiger charge is 2.31. The van der Waals surface area contributed by atoms with Crippen LogP contribution in [0.5, 0.6) is 0 Å². The van der Waals surface area contributed by atoms with Crippen molar-refractivity contribution in [2.75, 3.05) is 39.6 Å². The zero-order chi connectivity index (χ0) is 80.2. The minimum absolute atomic E-state index is 0.107. The Bertz CT molecular complexity index is 2110. The topological polar surface area (TPSA) is 237 Å². The smallest absolute Gasteiger partial charge is 0.462 e. The van der Waals surface area contributed by atoms with Gasteiger partial charge in [0.25, 0.3) is 0 Å². The number of phosphoric ester groups is 2. The molecule has 0 amide bonds. The minimum atomic E-state index is -4.97. The lowest BCUT2D eigenvalue weighted by Gasteiger charge is -2.21. The Morgan fingerprint density at radius 2 is 0.440 bits per heavy atom. The maximum absolute atomic E-state index is 13.2. The van der Waals surface area contributed by atoms with Crippen LogP contribution in [0.1, 0.15) is 473 Å². The third-order valence-electron chi connectivity index (χ3n) is 21.4. The van der Waals surface area contributed by atoms with Gasteiger partial charge in [-0.1, -0.05) is 421 Å². The van der Waals surface area contributed by atoms with E-state index in [-0.39, 0.29) is 25.7 Å². The number of esters is 4. The second-order valence-electron chi connectivity index (χ2n) is 34.0. The standard InChI is InChI=1S/C90H176O17P2/c1-9-83(8)69-61-53-44-38-32-26-22-23-27-33-39-45-54-62-70-87(92)100-76-85(106-89(94)72-64-56-46-40-34-28-20-16-12-10-14-18-24-30-36-42-50-58-66-80(2)3)78-104-108(96,97)102-74-84(91)75-103-109(98,99)105-79-86(77-101-88(93)71-63-55-49-48-52-60-68-82(6)7)107-90(95)73-65-57-47-41-35-29-21-17-13-11-15-19-25-31-37-43-51-59-67-81(4)5/h80-86,91H,9-79H2,1-8H3,(H,96,97)(H,98,99)/t83?,84?,85-,86-/m1/s1. The fraction of sp³-hybridized carbons (Fsp3) is 0.956. The fourth-order valence-electron chi connectivity index (χ4n) is 14.0. The van der Waals surface area contributed by atoms with Gasteiger partial charge in [-0.05, 0) is 49.4 Å². The van der Waals surface area contributed by atoms with E-state index >= 15 is 0 Å². The van der Waals surface area contributed by atoms with Crippen LogP contribution in [0.25, 0.3) is 0 Å². The zero-order valence-corrected chi connectivity index (χ0v) is 74.0. The van der Waals surface area contributed by atoms with Gasteiger partial charge in [-0.2, -0.15) is 0 Å². The molecule has 648 valence electrons. The second kappa shape index (κ2) is 78.6. The van der Waals surface area contributed by atoms with Crippen molar-refractivity contribution >= 4 is 39.5 Å². The number of aliphatic hydroxyl groups is 1. The van der Waals surface area contributed by atoms with Crippen LogP contribution in [0.15, 0.2) is 0 Å². The predicted octanol–water partition coefficient (Wildman–Crippen LogP) is 27.5. The Hall–Kier alpha value is -1.94. The van der Waals surface area contributed by atoms with Gasteiger partial charge in [0.15, 0.2) is 12.2 Å². The van der Waals surface area contributed by atoms with Crippen molar-refractivity contribution in [3.8, 4) is 0 Å².